The average Bonchev–Trinajstić information content (AvgIpc) is 3.18. The Morgan fingerprint density at radius 2 is 1.70 bits per heavy atom. The first-order valence-electron chi connectivity index (χ1n) is 6.60. The molecule has 0 aromatic heterocycles. The van der Waals surface area contributed by atoms with Crippen LogP contribution in [0.2, 0.25) is 0 Å². The minimum Gasteiger partial charge on any atom is -0.257 e. The van der Waals surface area contributed by atoms with E-state index < -0.39 is 11.7 Å². The van der Waals surface area contributed by atoms with Gasteiger partial charge in [-0.05, 0) is 25.0 Å². The largest absolute Gasteiger partial charge is 0.416 e. The molecule has 7 heteroatoms. The summed E-state index contributed by atoms with van der Waals surface area (Å²) in [6.45, 7) is 2.06. The van der Waals surface area contributed by atoms with E-state index in [0.29, 0.717) is 0 Å². The van der Waals surface area contributed by atoms with E-state index in [4.69, 9.17) is 4.84 Å². The third kappa shape index (κ3) is 3.28. The van der Waals surface area contributed by atoms with Crippen LogP contribution < -0.4 is 0 Å². The van der Waals surface area contributed by atoms with Gasteiger partial charge < -0.3 is 0 Å². The van der Waals surface area contributed by atoms with E-state index in [0.717, 1.165) is 30.8 Å². The molecule has 2 aliphatic heterocycles. The Morgan fingerprint density at radius 3 is 2.30 bits per heavy atom. The lowest BCUT2D eigenvalue weighted by Crippen LogP contribution is -2.24. The Bertz CT molecular complexity index is 460. The second kappa shape index (κ2) is 5.55. The van der Waals surface area contributed by atoms with E-state index in [1.54, 1.807) is 4.47 Å². The van der Waals surface area contributed by atoms with Crippen LogP contribution in [0, 0.1) is 0 Å². The molecule has 3 nitrogen and oxygen atoms in total. The smallest absolute Gasteiger partial charge is 0.257 e. The fraction of sp³-hybridized carbons (Fsp3) is 0.538. The van der Waals surface area contributed by atoms with Crippen molar-refractivity contribution in [2.24, 2.45) is 0 Å². The van der Waals surface area contributed by atoms with Gasteiger partial charge in [0.15, 0.2) is 6.23 Å². The van der Waals surface area contributed by atoms with Gasteiger partial charge in [-0.25, -0.2) is 4.31 Å². The zero-order chi connectivity index (χ0) is 14.2. The highest BCUT2D eigenvalue weighted by Gasteiger charge is 2.41. The minimum atomic E-state index is -4.29. The molecule has 0 spiro atoms. The predicted octanol–water partition coefficient (Wildman–Crippen LogP) is 4.00. The summed E-state index contributed by atoms with van der Waals surface area (Å²) in [7, 11) is 0. The van der Waals surface area contributed by atoms with Crippen LogP contribution in [-0.4, -0.2) is 21.9 Å². The van der Waals surface area contributed by atoms with Gasteiger partial charge in [0.25, 0.3) is 0 Å². The molecule has 3 rings (SSSR count). The van der Waals surface area contributed by atoms with Gasteiger partial charge in [0.1, 0.15) is 0 Å². The van der Waals surface area contributed by atoms with Crippen molar-refractivity contribution in [1.82, 2.24) is 8.77 Å². The fourth-order valence-electron chi connectivity index (χ4n) is 2.21. The highest BCUT2D eigenvalue weighted by atomic mass is 32.2. The molecule has 20 heavy (non-hydrogen) atoms. The fourth-order valence-corrected chi connectivity index (χ4v) is 3.19. The van der Waals surface area contributed by atoms with Gasteiger partial charge in [0.05, 0.1) is 5.56 Å². The molecular formula is C13H15F3N2OS. The Morgan fingerprint density at radius 1 is 1.05 bits per heavy atom. The highest BCUT2D eigenvalue weighted by Crippen LogP contribution is 2.45. The summed E-state index contributed by atoms with van der Waals surface area (Å²) in [5, 5.41) is 0. The Balaban J connectivity index is 1.56. The summed E-state index contributed by atoms with van der Waals surface area (Å²) in [5.41, 5.74) is 0.125. The zero-order valence-corrected chi connectivity index (χ0v) is 11.6. The van der Waals surface area contributed by atoms with Gasteiger partial charge in [0.2, 0.25) is 0 Å². The lowest BCUT2D eigenvalue weighted by Gasteiger charge is -2.23. The molecule has 0 N–H and O–H groups in total. The van der Waals surface area contributed by atoms with Gasteiger partial charge in [-0.2, -0.15) is 13.2 Å². The maximum atomic E-state index is 12.5. The van der Waals surface area contributed by atoms with Crippen molar-refractivity contribution >= 4 is 12.1 Å². The molecule has 0 aliphatic carbocycles. The van der Waals surface area contributed by atoms with Crippen molar-refractivity contribution in [1.29, 1.82) is 0 Å². The minimum absolute atomic E-state index is 0.232. The zero-order valence-electron chi connectivity index (χ0n) is 10.8. The standard InChI is InChI=1S/C13H15F3N2OS/c14-13(15,16)11-6-4-10(5-7-11)12-18(19-12)20-17-8-2-1-3-9-17/h4-7,12H,1-3,8-9H2. The second-order valence-electron chi connectivity index (χ2n) is 4.93. The van der Waals surface area contributed by atoms with Crippen LogP contribution in [-0.2, 0) is 11.0 Å². The van der Waals surface area contributed by atoms with Crippen LogP contribution >= 0.6 is 12.1 Å². The van der Waals surface area contributed by atoms with Gasteiger partial charge in [-0.15, -0.1) is 0 Å². The molecule has 1 aromatic carbocycles. The van der Waals surface area contributed by atoms with Crippen LogP contribution in [0.25, 0.3) is 0 Å². The van der Waals surface area contributed by atoms with Crippen molar-refractivity contribution in [2.75, 3.05) is 13.1 Å². The van der Waals surface area contributed by atoms with E-state index in [9.17, 15) is 13.2 Å². The Hall–Kier alpha value is -0.760. The maximum Gasteiger partial charge on any atom is 0.416 e. The van der Waals surface area contributed by atoms with E-state index in [1.807, 2.05) is 0 Å². The number of halogens is 3. The first-order valence-corrected chi connectivity index (χ1v) is 7.33. The number of nitrogens with zero attached hydrogens (tertiary/aromatic N) is 2. The lowest BCUT2D eigenvalue weighted by atomic mass is 10.1. The molecular weight excluding hydrogens is 289 g/mol. The summed E-state index contributed by atoms with van der Waals surface area (Å²) in [4.78, 5) is 5.40. The molecule has 110 valence electrons. The number of piperidine rings is 1. The first kappa shape index (κ1) is 14.2. The quantitative estimate of drug-likeness (QED) is 0.620. The first-order chi connectivity index (χ1) is 9.54. The molecule has 0 bridgehead atoms. The average molecular weight is 304 g/mol. The number of rotatable bonds is 3. The summed E-state index contributed by atoms with van der Waals surface area (Å²) in [6.07, 6.45) is -0.882. The van der Waals surface area contributed by atoms with E-state index >= 15 is 0 Å². The van der Waals surface area contributed by atoms with Crippen LogP contribution in [0.15, 0.2) is 24.3 Å². The number of benzene rings is 1. The lowest BCUT2D eigenvalue weighted by molar-refractivity contribution is -0.137. The molecule has 0 saturated carbocycles. The Kier molecular flexibility index (Phi) is 3.94. The molecule has 2 heterocycles. The maximum absolute atomic E-state index is 12.5. The van der Waals surface area contributed by atoms with Gasteiger partial charge >= 0.3 is 6.18 Å². The van der Waals surface area contributed by atoms with Crippen LogP contribution in [0.5, 0.6) is 0 Å². The van der Waals surface area contributed by atoms with Crippen molar-refractivity contribution in [2.45, 2.75) is 31.7 Å². The highest BCUT2D eigenvalue weighted by molar-refractivity contribution is 7.94. The number of hydrogen-bond donors (Lipinski definition) is 0. The number of hydroxylamine groups is 1. The van der Waals surface area contributed by atoms with E-state index in [1.165, 1.54) is 43.5 Å². The monoisotopic (exact) mass is 304 g/mol. The van der Waals surface area contributed by atoms with Crippen molar-refractivity contribution < 1.29 is 18.0 Å². The molecule has 2 unspecified atom stereocenters. The van der Waals surface area contributed by atoms with Gasteiger partial charge in [-0.1, -0.05) is 23.0 Å². The third-order valence-corrected chi connectivity index (χ3v) is 4.42. The normalized spacial score (nSPS) is 27.6. The summed E-state index contributed by atoms with van der Waals surface area (Å²) >= 11 is 1.52. The van der Waals surface area contributed by atoms with Crippen LogP contribution in [0.3, 0.4) is 0 Å². The predicted molar refractivity (Wildman–Crippen MR) is 70.1 cm³/mol. The molecule has 1 aromatic rings. The number of hydrogen-bond acceptors (Lipinski definition) is 4. The van der Waals surface area contributed by atoms with Gasteiger partial charge in [-0.3, -0.25) is 4.84 Å². The third-order valence-electron chi connectivity index (χ3n) is 3.38. The second-order valence-corrected chi connectivity index (χ2v) is 5.97. The molecule has 0 radical (unpaired) electrons. The van der Waals surface area contributed by atoms with E-state index in [2.05, 4.69) is 4.31 Å². The number of alkyl halides is 3. The molecule has 2 fully saturated rings. The van der Waals surface area contributed by atoms with Crippen LogP contribution in [0.1, 0.15) is 36.6 Å². The van der Waals surface area contributed by atoms with Crippen molar-refractivity contribution in [3.8, 4) is 0 Å². The SMILES string of the molecule is FC(F)(F)c1ccc(C2ON2SN2CCCCC2)cc1. The summed E-state index contributed by atoms with van der Waals surface area (Å²) in [6, 6.07) is 5.15. The Labute approximate surface area is 119 Å². The van der Waals surface area contributed by atoms with Crippen molar-refractivity contribution in [3.05, 3.63) is 35.4 Å². The molecule has 0 amide bonds. The molecule has 2 aliphatic rings. The van der Waals surface area contributed by atoms with Crippen LogP contribution in [0.4, 0.5) is 13.2 Å². The van der Waals surface area contributed by atoms with Crippen molar-refractivity contribution in [3.63, 3.8) is 0 Å². The topological polar surface area (TPSA) is 18.8 Å². The molecule has 2 saturated heterocycles. The molecule has 2 atom stereocenters. The summed E-state index contributed by atoms with van der Waals surface area (Å²) in [5.74, 6) is 0. The van der Waals surface area contributed by atoms with Gasteiger partial charge in [0, 0.05) is 30.8 Å². The van der Waals surface area contributed by atoms with E-state index in [-0.39, 0.29) is 6.23 Å². The summed E-state index contributed by atoms with van der Waals surface area (Å²) < 4.78 is 41.4.